The van der Waals surface area contributed by atoms with Crippen LogP contribution in [0.25, 0.3) is 6.08 Å². The first-order chi connectivity index (χ1) is 40.5. The highest BCUT2D eigenvalue weighted by molar-refractivity contribution is 7.13. The molecule has 1 aromatic carbocycles. The number of hydrogen-bond donors (Lipinski definition) is 1. The minimum Gasteiger partial charge on any atom is -0.420 e. The second-order valence-electron chi connectivity index (χ2n) is 19.4. The zero-order chi connectivity index (χ0) is 61.0. The van der Waals surface area contributed by atoms with Crippen molar-refractivity contribution in [2.45, 2.75) is 71.1 Å². The van der Waals surface area contributed by atoms with Crippen molar-refractivity contribution in [1.82, 2.24) is 19.7 Å². The molecule has 2 aromatic heterocycles. The number of likely N-dealkylation sites (N-methyl/N-ethyl adjacent to an activating group) is 1. The number of carbonyl (C=O) groups excluding carboxylic acids is 2. The van der Waals surface area contributed by atoms with Gasteiger partial charge in [-0.05, 0) is 71.6 Å². The number of carbonyl (C=O) groups is 2. The minimum absolute atomic E-state index is 0.0139. The molecule has 19 nitrogen and oxygen atoms in total. The fourth-order valence-electron chi connectivity index (χ4n) is 7.97. The summed E-state index contributed by atoms with van der Waals surface area (Å²) in [4.78, 5) is 41.6. The smallest absolute Gasteiger partial charge is 0.420 e. The quantitative estimate of drug-likeness (QED) is 0.0189. The zero-order valence-electron chi connectivity index (χ0n) is 48.7. The monoisotopic (exact) mass is 1220 g/mol. The maximum Gasteiger partial charge on any atom is 0.433 e. The third-order valence-electron chi connectivity index (χ3n) is 12.1. The number of benzene rings is 1. The number of aryl methyl sites for hydroxylation is 1. The number of alkyl halides is 3. The van der Waals surface area contributed by atoms with E-state index in [1.807, 2.05) is 13.0 Å². The summed E-state index contributed by atoms with van der Waals surface area (Å²) >= 11 is 1.56. The average molecular weight is 1230 g/mol. The number of esters is 1. The van der Waals surface area contributed by atoms with Gasteiger partial charge in [0.05, 0.1) is 155 Å². The predicted molar refractivity (Wildman–Crippen MR) is 300 cm³/mol. The van der Waals surface area contributed by atoms with Gasteiger partial charge >= 0.3 is 12.1 Å². The summed E-state index contributed by atoms with van der Waals surface area (Å²) in [6.07, 6.45) is 1.24. The van der Waals surface area contributed by atoms with Crippen LogP contribution >= 0.6 is 11.3 Å². The first-order valence-corrected chi connectivity index (χ1v) is 28.9. The fraction of sp³-hybridized carbons (Fsp3) is 0.649. The van der Waals surface area contributed by atoms with Crippen LogP contribution < -0.4 is 10.5 Å². The summed E-state index contributed by atoms with van der Waals surface area (Å²) in [5.41, 5.74) is 6.64. The Morgan fingerprint density at radius 1 is 0.631 bits per heavy atom. The molecule has 0 radical (unpaired) electrons. The SMILES string of the molecule is CCCN(Cc1ccc(CN(C)C)nc1C(F)(F)F)C(=O)C1=Cc2sc(CCCCCN(C)CCOCCOCCOCCOCCOCCOCCOCCOCCOCCOCCC(=O)Oc3c(F)c(F)cc(F)c3F)cc2N=C(N)C1. The highest BCUT2D eigenvalue weighted by Crippen LogP contribution is 2.37. The first-order valence-electron chi connectivity index (χ1n) is 28.1. The molecule has 0 bridgehead atoms. The van der Waals surface area contributed by atoms with E-state index >= 15 is 0 Å². The molecular formula is C57H83F7N6O13S. The Labute approximate surface area is 491 Å². The normalized spacial score (nSPS) is 12.7. The molecule has 3 aromatic rings. The van der Waals surface area contributed by atoms with Crippen molar-refractivity contribution in [3.05, 3.63) is 79.8 Å². The number of aliphatic imine (C=N–C) groups is 1. The molecule has 0 unspecified atom stereocenters. The molecule has 84 heavy (non-hydrogen) atoms. The molecule has 0 atom stereocenters. The maximum atomic E-state index is 14.2. The van der Waals surface area contributed by atoms with Crippen LogP contribution in [-0.2, 0) is 82.6 Å². The Balaban J connectivity index is 0.882. The number of pyridine rings is 1. The van der Waals surface area contributed by atoms with Crippen molar-refractivity contribution < 1.29 is 92.4 Å². The molecule has 0 fully saturated rings. The van der Waals surface area contributed by atoms with E-state index in [2.05, 4.69) is 26.7 Å². The molecule has 0 spiro atoms. The van der Waals surface area contributed by atoms with Crippen molar-refractivity contribution in [3.63, 3.8) is 0 Å². The zero-order valence-corrected chi connectivity index (χ0v) is 49.5. The molecule has 1 amide bonds. The van der Waals surface area contributed by atoms with Crippen LogP contribution in [0.2, 0.25) is 0 Å². The van der Waals surface area contributed by atoms with E-state index in [-0.39, 0.29) is 75.9 Å². The Morgan fingerprint density at radius 2 is 1.13 bits per heavy atom. The van der Waals surface area contributed by atoms with Gasteiger partial charge in [-0.3, -0.25) is 9.59 Å². The van der Waals surface area contributed by atoms with E-state index < -0.39 is 53.3 Å². The number of ether oxygens (including phenoxy) is 11. The van der Waals surface area contributed by atoms with Gasteiger partial charge in [-0.2, -0.15) is 22.0 Å². The van der Waals surface area contributed by atoms with Gasteiger partial charge in [0, 0.05) is 54.7 Å². The van der Waals surface area contributed by atoms with Gasteiger partial charge in [0.2, 0.25) is 17.4 Å². The molecule has 0 aliphatic carbocycles. The van der Waals surface area contributed by atoms with E-state index in [1.165, 1.54) is 11.0 Å². The number of unbranched alkanes of at least 4 members (excludes halogenated alkanes) is 2. The summed E-state index contributed by atoms with van der Waals surface area (Å²) in [7, 11) is 5.59. The molecule has 1 aliphatic heterocycles. The van der Waals surface area contributed by atoms with Crippen LogP contribution in [0.5, 0.6) is 5.75 Å². The average Bonchev–Trinajstić information content (AvgIpc) is 3.96. The van der Waals surface area contributed by atoms with E-state index in [0.29, 0.717) is 129 Å². The Morgan fingerprint density at radius 3 is 1.62 bits per heavy atom. The predicted octanol–water partition coefficient (Wildman–Crippen LogP) is 7.80. The largest absolute Gasteiger partial charge is 0.433 e. The third-order valence-corrected chi connectivity index (χ3v) is 13.2. The molecule has 2 N–H and O–H groups in total. The van der Waals surface area contributed by atoms with Gasteiger partial charge in [-0.1, -0.05) is 19.4 Å². The number of thiophene rings is 1. The molecule has 3 heterocycles. The van der Waals surface area contributed by atoms with E-state index in [4.69, 9.17) is 53.1 Å². The number of nitrogens with zero attached hydrogens (tertiary/aromatic N) is 5. The van der Waals surface area contributed by atoms with Crippen molar-refractivity contribution in [1.29, 1.82) is 0 Å². The topological polar surface area (TPSA) is 197 Å². The molecule has 1 aliphatic rings. The van der Waals surface area contributed by atoms with E-state index in [9.17, 15) is 40.3 Å². The number of amidine groups is 1. The van der Waals surface area contributed by atoms with Gasteiger partial charge in [0.1, 0.15) is 11.5 Å². The molecule has 474 valence electrons. The van der Waals surface area contributed by atoms with Gasteiger partial charge in [-0.15, -0.1) is 11.3 Å². The van der Waals surface area contributed by atoms with Crippen LogP contribution in [0.4, 0.5) is 36.4 Å². The lowest BCUT2D eigenvalue weighted by Crippen LogP contribution is -2.34. The number of aromatic nitrogens is 1. The number of halogens is 7. The summed E-state index contributed by atoms with van der Waals surface area (Å²) in [6.45, 7) is 11.2. The van der Waals surface area contributed by atoms with Crippen molar-refractivity contribution in [2.24, 2.45) is 10.7 Å². The Kier molecular flexibility index (Phi) is 35.3. The van der Waals surface area contributed by atoms with Gasteiger partial charge in [-0.25, -0.2) is 18.8 Å². The fourth-order valence-corrected chi connectivity index (χ4v) is 9.08. The summed E-state index contributed by atoms with van der Waals surface area (Å²) in [6, 6.07) is 5.02. The summed E-state index contributed by atoms with van der Waals surface area (Å²) in [5, 5.41) is 0. The van der Waals surface area contributed by atoms with Crippen molar-refractivity contribution in [3.8, 4) is 5.75 Å². The number of fused-ring (bicyclic) bond motifs is 1. The van der Waals surface area contributed by atoms with Gasteiger partial charge in [0.25, 0.3) is 5.91 Å². The lowest BCUT2D eigenvalue weighted by atomic mass is 10.1. The van der Waals surface area contributed by atoms with Crippen LogP contribution in [0.15, 0.2) is 34.8 Å². The molecule has 27 heteroatoms. The summed E-state index contributed by atoms with van der Waals surface area (Å²) < 4.78 is 155. The van der Waals surface area contributed by atoms with E-state index in [1.54, 1.807) is 42.5 Å². The number of nitrogens with two attached hydrogens (primary N) is 1. The number of rotatable bonds is 47. The van der Waals surface area contributed by atoms with Crippen LogP contribution in [0.1, 0.15) is 72.2 Å². The standard InChI is InChI=1S/C57H83F7N6O13S/c1-5-13-70(40-42-10-11-44(41-68(2)3)66-55(42)57(62,63)64)56(72)43-36-49-48(67-50(65)37-43)38-45(84-49)9-7-6-8-14-69(4)15-17-74-19-21-76-23-25-78-27-29-80-31-33-82-35-34-81-32-30-79-28-26-77-24-22-75-20-18-73-16-12-51(71)83-54-52(60)46(58)39-47(59)53(54)61/h10-11,36,38-39H,5-9,12-35,37,40-41H2,1-4H3,(H2,65,67). The van der Waals surface area contributed by atoms with Crippen LogP contribution in [0, 0.1) is 23.3 Å². The van der Waals surface area contributed by atoms with Gasteiger partial charge < -0.3 is 72.5 Å². The molecule has 0 saturated carbocycles. The number of hydrogen-bond acceptors (Lipinski definition) is 19. The summed E-state index contributed by atoms with van der Waals surface area (Å²) in [5.74, 6) is -9.63. The Hall–Kier alpha value is -4.75. The highest BCUT2D eigenvalue weighted by Gasteiger charge is 2.37. The van der Waals surface area contributed by atoms with Crippen molar-refractivity contribution >= 4 is 40.8 Å². The first kappa shape index (κ1) is 71.7. The maximum absolute atomic E-state index is 14.2. The molecular weight excluding hydrogens is 1140 g/mol. The lowest BCUT2D eigenvalue weighted by molar-refractivity contribution is -0.143. The van der Waals surface area contributed by atoms with Crippen LogP contribution in [0.3, 0.4) is 0 Å². The number of amides is 1. The van der Waals surface area contributed by atoms with Crippen molar-refractivity contribution in [2.75, 3.05) is 173 Å². The van der Waals surface area contributed by atoms with E-state index in [0.717, 1.165) is 48.5 Å². The second-order valence-corrected chi connectivity index (χ2v) is 20.6. The second kappa shape index (κ2) is 41.4. The minimum atomic E-state index is -4.68. The Bertz CT molecular complexity index is 2420. The third kappa shape index (κ3) is 29.1. The van der Waals surface area contributed by atoms with Gasteiger partial charge in [0.15, 0.2) is 11.6 Å². The van der Waals surface area contributed by atoms with Crippen LogP contribution in [-0.4, -0.2) is 210 Å². The highest BCUT2D eigenvalue weighted by atomic mass is 32.1. The lowest BCUT2D eigenvalue weighted by Gasteiger charge is -2.25. The molecule has 0 saturated heterocycles. The molecule has 4 rings (SSSR count).